The van der Waals surface area contributed by atoms with E-state index in [9.17, 15) is 9.59 Å². The predicted octanol–water partition coefficient (Wildman–Crippen LogP) is 4.08. The molecule has 0 radical (unpaired) electrons. The van der Waals surface area contributed by atoms with Crippen LogP contribution in [0.2, 0.25) is 0 Å². The van der Waals surface area contributed by atoms with Gasteiger partial charge in [0.25, 0.3) is 11.8 Å². The highest BCUT2D eigenvalue weighted by Gasteiger charge is 2.34. The summed E-state index contributed by atoms with van der Waals surface area (Å²) in [5.74, 6) is 0.00155. The molecular weight excluding hydrogens is 388 g/mol. The minimum atomic E-state index is -0.357. The van der Waals surface area contributed by atoms with Gasteiger partial charge >= 0.3 is 0 Å². The Kier molecular flexibility index (Phi) is 6.08. The average molecular weight is 405 g/mol. The number of nitrogens with zero attached hydrogens (tertiary/aromatic N) is 1. The summed E-state index contributed by atoms with van der Waals surface area (Å²) < 4.78 is 6.01. The van der Waals surface area contributed by atoms with Gasteiger partial charge in [-0.1, -0.05) is 43.0 Å². The first kappa shape index (κ1) is 18.6. The number of para-hydroxylation sites is 1. The fourth-order valence-electron chi connectivity index (χ4n) is 2.21. The zero-order valence-electron chi connectivity index (χ0n) is 13.9. The number of benzene rings is 1. The van der Waals surface area contributed by atoms with Gasteiger partial charge in [0.15, 0.2) is 4.32 Å². The SMILES string of the molecule is CCCOc1ccccc1/C=C1/SC(=S)N(NC(=O)c2cccs2)C1=O. The van der Waals surface area contributed by atoms with E-state index in [2.05, 4.69) is 5.43 Å². The first-order valence-electron chi connectivity index (χ1n) is 7.94. The van der Waals surface area contributed by atoms with E-state index in [0.717, 1.165) is 28.8 Å². The van der Waals surface area contributed by atoms with Gasteiger partial charge in [0.1, 0.15) is 5.75 Å². The molecule has 0 aliphatic carbocycles. The smallest absolute Gasteiger partial charge is 0.285 e. The molecule has 0 atom stereocenters. The van der Waals surface area contributed by atoms with Crippen LogP contribution in [-0.4, -0.2) is 27.8 Å². The standard InChI is InChI=1S/C18H16N2O3S3/c1-2-9-23-13-7-4-3-6-12(13)11-15-17(22)20(18(24)26-15)19-16(21)14-8-5-10-25-14/h3-8,10-11H,2,9H2,1H3,(H,19,21)/b15-11+. The van der Waals surface area contributed by atoms with Crippen LogP contribution < -0.4 is 10.2 Å². The quantitative estimate of drug-likeness (QED) is 0.581. The molecule has 134 valence electrons. The van der Waals surface area contributed by atoms with Crippen LogP contribution in [0.1, 0.15) is 28.6 Å². The van der Waals surface area contributed by atoms with Crippen molar-refractivity contribution >= 4 is 57.5 Å². The van der Waals surface area contributed by atoms with Crippen LogP contribution in [0.25, 0.3) is 6.08 Å². The number of thioether (sulfide) groups is 1. The molecule has 26 heavy (non-hydrogen) atoms. The summed E-state index contributed by atoms with van der Waals surface area (Å²) in [5.41, 5.74) is 3.36. The third kappa shape index (κ3) is 4.14. The van der Waals surface area contributed by atoms with E-state index in [1.165, 1.54) is 11.3 Å². The van der Waals surface area contributed by atoms with Gasteiger partial charge in [0.05, 0.1) is 16.4 Å². The number of carbonyl (C=O) groups is 2. The monoisotopic (exact) mass is 404 g/mol. The van der Waals surface area contributed by atoms with Crippen LogP contribution >= 0.6 is 35.3 Å². The zero-order chi connectivity index (χ0) is 18.5. The topological polar surface area (TPSA) is 58.6 Å². The molecule has 1 aliphatic heterocycles. The lowest BCUT2D eigenvalue weighted by Gasteiger charge is -2.14. The summed E-state index contributed by atoms with van der Waals surface area (Å²) in [7, 11) is 0. The second-order valence-corrected chi connectivity index (χ2v) is 7.95. The molecule has 1 aliphatic rings. The Hall–Kier alpha value is -2.16. The molecule has 0 unspecified atom stereocenters. The lowest BCUT2D eigenvalue weighted by Crippen LogP contribution is -2.44. The van der Waals surface area contributed by atoms with Crippen LogP contribution in [0.3, 0.4) is 0 Å². The van der Waals surface area contributed by atoms with Gasteiger partial charge in [-0.05, 0) is 42.2 Å². The molecule has 1 aromatic heterocycles. The molecule has 1 N–H and O–H groups in total. The van der Waals surface area contributed by atoms with Crippen LogP contribution in [0, 0.1) is 0 Å². The first-order chi connectivity index (χ1) is 12.6. The van der Waals surface area contributed by atoms with Gasteiger partial charge in [-0.15, -0.1) is 11.3 Å². The number of carbonyl (C=O) groups excluding carboxylic acids is 2. The Labute approximate surface area is 165 Å². The van der Waals surface area contributed by atoms with Crippen LogP contribution in [0.4, 0.5) is 0 Å². The molecule has 3 rings (SSSR count). The van der Waals surface area contributed by atoms with Crippen molar-refractivity contribution in [2.45, 2.75) is 13.3 Å². The predicted molar refractivity (Wildman–Crippen MR) is 109 cm³/mol. The summed E-state index contributed by atoms with van der Waals surface area (Å²) in [4.78, 5) is 25.8. The summed E-state index contributed by atoms with van der Waals surface area (Å²) in [6.07, 6.45) is 2.63. The van der Waals surface area contributed by atoms with E-state index < -0.39 is 0 Å². The highest BCUT2D eigenvalue weighted by atomic mass is 32.2. The molecule has 2 aromatic rings. The van der Waals surface area contributed by atoms with Crippen molar-refractivity contribution in [3.63, 3.8) is 0 Å². The van der Waals surface area contributed by atoms with Crippen molar-refractivity contribution in [1.29, 1.82) is 0 Å². The van der Waals surface area contributed by atoms with Gasteiger partial charge in [-0.3, -0.25) is 15.0 Å². The molecule has 1 saturated heterocycles. The van der Waals surface area contributed by atoms with E-state index in [0.29, 0.717) is 22.1 Å². The molecule has 1 fully saturated rings. The lowest BCUT2D eigenvalue weighted by atomic mass is 10.2. The molecule has 2 amide bonds. The van der Waals surface area contributed by atoms with Crippen LogP contribution in [0.5, 0.6) is 5.75 Å². The van der Waals surface area contributed by atoms with E-state index in [-0.39, 0.29) is 16.1 Å². The Balaban J connectivity index is 1.78. The summed E-state index contributed by atoms with van der Waals surface area (Å²) in [6.45, 7) is 2.63. The summed E-state index contributed by atoms with van der Waals surface area (Å²) in [6, 6.07) is 11.0. The second-order valence-electron chi connectivity index (χ2n) is 5.32. The molecular formula is C18H16N2O3S3. The first-order valence-corrected chi connectivity index (χ1v) is 10.0. The number of hydrogen-bond acceptors (Lipinski definition) is 6. The number of hydrazine groups is 1. The van der Waals surface area contributed by atoms with E-state index in [1.54, 1.807) is 23.6 Å². The maximum Gasteiger partial charge on any atom is 0.285 e. The number of thiocarbonyl (C=S) groups is 1. The average Bonchev–Trinajstić information content (AvgIpc) is 3.26. The number of amides is 2. The fraction of sp³-hybridized carbons (Fsp3) is 0.167. The van der Waals surface area contributed by atoms with Gasteiger partial charge in [-0.25, -0.2) is 0 Å². The van der Waals surface area contributed by atoms with Crippen molar-refractivity contribution in [2.75, 3.05) is 6.61 Å². The van der Waals surface area contributed by atoms with Gasteiger partial charge in [0.2, 0.25) is 0 Å². The lowest BCUT2D eigenvalue weighted by molar-refractivity contribution is -0.123. The molecule has 0 bridgehead atoms. The molecule has 2 heterocycles. The number of thiophene rings is 1. The highest BCUT2D eigenvalue weighted by Crippen LogP contribution is 2.33. The molecule has 0 saturated carbocycles. The number of rotatable bonds is 6. The largest absolute Gasteiger partial charge is 0.493 e. The minimum absolute atomic E-state index is 0.290. The normalized spacial score (nSPS) is 15.6. The van der Waals surface area contributed by atoms with E-state index in [4.69, 9.17) is 17.0 Å². The number of hydrogen-bond donors (Lipinski definition) is 1. The number of ether oxygens (including phenoxy) is 1. The minimum Gasteiger partial charge on any atom is -0.493 e. The maximum atomic E-state index is 12.6. The van der Waals surface area contributed by atoms with Crippen molar-refractivity contribution in [3.8, 4) is 5.75 Å². The van der Waals surface area contributed by atoms with Crippen LogP contribution in [-0.2, 0) is 4.79 Å². The van der Waals surface area contributed by atoms with Crippen molar-refractivity contribution in [3.05, 3.63) is 57.1 Å². The third-order valence-corrected chi connectivity index (χ3v) is 5.59. The Morgan fingerprint density at radius 3 is 2.85 bits per heavy atom. The molecule has 5 nitrogen and oxygen atoms in total. The third-order valence-electron chi connectivity index (χ3n) is 3.42. The molecule has 1 aromatic carbocycles. The molecule has 8 heteroatoms. The van der Waals surface area contributed by atoms with E-state index in [1.807, 2.05) is 31.2 Å². The zero-order valence-corrected chi connectivity index (χ0v) is 16.4. The fourth-order valence-corrected chi connectivity index (χ4v) is 4.00. The maximum absolute atomic E-state index is 12.6. The van der Waals surface area contributed by atoms with Crippen molar-refractivity contribution in [2.24, 2.45) is 0 Å². The van der Waals surface area contributed by atoms with Crippen molar-refractivity contribution < 1.29 is 14.3 Å². The second kappa shape index (κ2) is 8.48. The highest BCUT2D eigenvalue weighted by molar-refractivity contribution is 8.26. The van der Waals surface area contributed by atoms with Crippen LogP contribution in [0.15, 0.2) is 46.7 Å². The van der Waals surface area contributed by atoms with Crippen molar-refractivity contribution in [1.82, 2.24) is 10.4 Å². The van der Waals surface area contributed by atoms with Gasteiger partial charge in [-0.2, -0.15) is 5.01 Å². The number of nitrogens with one attached hydrogen (secondary N) is 1. The van der Waals surface area contributed by atoms with Gasteiger partial charge < -0.3 is 4.74 Å². The summed E-state index contributed by atoms with van der Waals surface area (Å²) >= 11 is 7.70. The Morgan fingerprint density at radius 1 is 1.31 bits per heavy atom. The molecule has 0 spiro atoms. The Morgan fingerprint density at radius 2 is 2.12 bits per heavy atom. The van der Waals surface area contributed by atoms with E-state index >= 15 is 0 Å². The Bertz CT molecular complexity index is 862. The summed E-state index contributed by atoms with van der Waals surface area (Å²) in [5, 5.41) is 2.91. The van der Waals surface area contributed by atoms with Gasteiger partial charge in [0, 0.05) is 5.56 Å².